The van der Waals surface area contributed by atoms with Crippen molar-refractivity contribution in [3.8, 4) is 0 Å². The monoisotopic (exact) mass is 227 g/mol. The van der Waals surface area contributed by atoms with Crippen molar-refractivity contribution in [3.05, 3.63) is 29.0 Å². The maximum absolute atomic E-state index is 13.2. The van der Waals surface area contributed by atoms with Crippen molar-refractivity contribution in [1.29, 1.82) is 0 Å². The Morgan fingerprint density at radius 3 is 2.87 bits per heavy atom. The second-order valence-corrected chi connectivity index (χ2v) is 4.01. The first-order valence-electron chi connectivity index (χ1n) is 4.64. The molecule has 0 aromatic heterocycles. The maximum atomic E-state index is 13.2. The molecular weight excluding hydrogens is 217 g/mol. The first-order valence-corrected chi connectivity index (χ1v) is 5.02. The van der Waals surface area contributed by atoms with E-state index in [2.05, 4.69) is 5.10 Å². The highest BCUT2D eigenvalue weighted by Gasteiger charge is 2.21. The highest BCUT2D eigenvalue weighted by Crippen LogP contribution is 2.25. The highest BCUT2D eigenvalue weighted by atomic mass is 35.5. The summed E-state index contributed by atoms with van der Waals surface area (Å²) in [5.41, 5.74) is 6.33. The van der Waals surface area contributed by atoms with E-state index in [0.717, 1.165) is 0 Å². The van der Waals surface area contributed by atoms with Gasteiger partial charge in [0.05, 0.1) is 17.3 Å². The predicted octanol–water partition coefficient (Wildman–Crippen LogP) is 2.21. The second-order valence-electron chi connectivity index (χ2n) is 3.61. The van der Waals surface area contributed by atoms with E-state index >= 15 is 0 Å². The van der Waals surface area contributed by atoms with Crippen LogP contribution in [0, 0.1) is 11.7 Å². The maximum Gasteiger partial charge on any atom is 0.143 e. The number of anilines is 1. The second kappa shape index (κ2) is 3.70. The number of nitrogens with zero attached hydrogens (tertiary/aromatic N) is 2. The Kier molecular flexibility index (Phi) is 2.52. The normalized spacial score (nSPS) is 20.6. The Labute approximate surface area is 92.3 Å². The Bertz CT molecular complexity index is 419. The summed E-state index contributed by atoms with van der Waals surface area (Å²) in [5, 5.41) is 5.92. The molecular formula is C10H11ClFN3. The van der Waals surface area contributed by atoms with Crippen LogP contribution in [0.5, 0.6) is 0 Å². The van der Waals surface area contributed by atoms with Crippen molar-refractivity contribution in [2.45, 2.75) is 6.92 Å². The topological polar surface area (TPSA) is 41.6 Å². The van der Waals surface area contributed by atoms with Gasteiger partial charge in [-0.2, -0.15) is 5.10 Å². The molecule has 0 fully saturated rings. The Morgan fingerprint density at radius 1 is 1.60 bits per heavy atom. The van der Waals surface area contributed by atoms with Crippen LogP contribution in [0.3, 0.4) is 0 Å². The summed E-state index contributed by atoms with van der Waals surface area (Å²) in [6, 6.07) is 4.60. The number of halogens is 2. The van der Waals surface area contributed by atoms with E-state index in [4.69, 9.17) is 17.3 Å². The van der Waals surface area contributed by atoms with E-state index in [9.17, 15) is 4.39 Å². The van der Waals surface area contributed by atoms with Gasteiger partial charge in [0.25, 0.3) is 0 Å². The third kappa shape index (κ3) is 1.90. The molecule has 2 N–H and O–H groups in total. The van der Waals surface area contributed by atoms with Gasteiger partial charge < -0.3 is 5.73 Å². The lowest BCUT2D eigenvalue weighted by Gasteiger charge is -2.14. The number of amidine groups is 1. The molecule has 1 unspecified atom stereocenters. The smallest absolute Gasteiger partial charge is 0.143 e. The van der Waals surface area contributed by atoms with Gasteiger partial charge in [-0.15, -0.1) is 0 Å². The molecule has 0 spiro atoms. The molecule has 0 amide bonds. The molecule has 1 aromatic rings. The van der Waals surface area contributed by atoms with Gasteiger partial charge in [-0.25, -0.2) is 4.39 Å². The van der Waals surface area contributed by atoms with Gasteiger partial charge in [0.15, 0.2) is 0 Å². The largest absolute Gasteiger partial charge is 0.385 e. The Balaban J connectivity index is 2.28. The van der Waals surface area contributed by atoms with E-state index in [1.807, 2.05) is 6.92 Å². The molecule has 0 aliphatic carbocycles. The molecule has 1 atom stereocenters. The van der Waals surface area contributed by atoms with Crippen molar-refractivity contribution in [1.82, 2.24) is 0 Å². The van der Waals surface area contributed by atoms with Crippen LogP contribution < -0.4 is 10.7 Å². The fourth-order valence-corrected chi connectivity index (χ4v) is 1.56. The lowest BCUT2D eigenvalue weighted by molar-refractivity contribution is 0.627. The number of hydrogen-bond acceptors (Lipinski definition) is 3. The van der Waals surface area contributed by atoms with Gasteiger partial charge >= 0.3 is 0 Å². The van der Waals surface area contributed by atoms with Crippen LogP contribution in [0.25, 0.3) is 0 Å². The van der Waals surface area contributed by atoms with Gasteiger partial charge in [0.2, 0.25) is 0 Å². The zero-order valence-corrected chi connectivity index (χ0v) is 9.00. The lowest BCUT2D eigenvalue weighted by atomic mass is 10.2. The zero-order chi connectivity index (χ0) is 11.0. The van der Waals surface area contributed by atoms with E-state index in [0.29, 0.717) is 18.1 Å². The number of nitrogens with two attached hydrogens (primary N) is 1. The minimum absolute atomic E-state index is 0.114. The van der Waals surface area contributed by atoms with E-state index in [-0.39, 0.29) is 10.9 Å². The van der Waals surface area contributed by atoms with Gasteiger partial charge in [0, 0.05) is 12.0 Å². The van der Waals surface area contributed by atoms with Crippen LogP contribution in [0.4, 0.5) is 10.1 Å². The fourth-order valence-electron chi connectivity index (χ4n) is 1.44. The summed E-state index contributed by atoms with van der Waals surface area (Å²) < 4.78 is 13.2. The minimum Gasteiger partial charge on any atom is -0.385 e. The van der Waals surface area contributed by atoms with Crippen molar-refractivity contribution in [3.63, 3.8) is 0 Å². The number of benzene rings is 1. The summed E-state index contributed by atoms with van der Waals surface area (Å²) in [4.78, 5) is 0. The molecule has 0 bridgehead atoms. The van der Waals surface area contributed by atoms with Crippen LogP contribution in [0.15, 0.2) is 23.3 Å². The van der Waals surface area contributed by atoms with Crippen molar-refractivity contribution >= 4 is 23.1 Å². The average molecular weight is 228 g/mol. The van der Waals surface area contributed by atoms with Crippen molar-refractivity contribution in [2.24, 2.45) is 16.8 Å². The fraction of sp³-hybridized carbons (Fsp3) is 0.300. The third-order valence-electron chi connectivity index (χ3n) is 2.39. The predicted molar refractivity (Wildman–Crippen MR) is 59.5 cm³/mol. The summed E-state index contributed by atoms with van der Waals surface area (Å²) in [6.45, 7) is 2.65. The molecule has 5 heteroatoms. The summed E-state index contributed by atoms with van der Waals surface area (Å²) in [5.74, 6) is 0.330. The van der Waals surface area contributed by atoms with Crippen LogP contribution in [0.2, 0.25) is 5.02 Å². The Morgan fingerprint density at radius 2 is 2.33 bits per heavy atom. The summed E-state index contributed by atoms with van der Waals surface area (Å²) >= 11 is 5.59. The first kappa shape index (κ1) is 10.2. The molecule has 1 heterocycles. The van der Waals surface area contributed by atoms with Crippen LogP contribution in [0.1, 0.15) is 6.92 Å². The van der Waals surface area contributed by atoms with Crippen LogP contribution in [-0.2, 0) is 0 Å². The van der Waals surface area contributed by atoms with Gasteiger partial charge in [-0.3, -0.25) is 5.01 Å². The third-order valence-corrected chi connectivity index (χ3v) is 2.70. The first-order chi connectivity index (χ1) is 7.08. The SMILES string of the molecule is CC1CN(c2ccc(Cl)c(F)c2)N=C1N. The average Bonchev–Trinajstić information content (AvgIpc) is 2.52. The zero-order valence-electron chi connectivity index (χ0n) is 8.24. The highest BCUT2D eigenvalue weighted by molar-refractivity contribution is 6.30. The van der Waals surface area contributed by atoms with Gasteiger partial charge in [-0.1, -0.05) is 18.5 Å². The minimum atomic E-state index is -0.442. The number of hydrazone groups is 1. The molecule has 15 heavy (non-hydrogen) atoms. The van der Waals surface area contributed by atoms with Crippen molar-refractivity contribution in [2.75, 3.05) is 11.6 Å². The van der Waals surface area contributed by atoms with E-state index < -0.39 is 5.82 Å². The molecule has 1 aliphatic rings. The van der Waals surface area contributed by atoms with Gasteiger partial charge in [-0.05, 0) is 12.1 Å². The molecule has 1 aromatic carbocycles. The number of rotatable bonds is 1. The van der Waals surface area contributed by atoms with Gasteiger partial charge in [0.1, 0.15) is 11.7 Å². The summed E-state index contributed by atoms with van der Waals surface area (Å²) in [6.07, 6.45) is 0. The molecule has 1 aliphatic heterocycles. The van der Waals surface area contributed by atoms with Crippen LogP contribution >= 0.6 is 11.6 Å². The van der Waals surface area contributed by atoms with E-state index in [1.54, 1.807) is 11.1 Å². The lowest BCUT2D eigenvalue weighted by Crippen LogP contribution is -2.20. The van der Waals surface area contributed by atoms with Crippen LogP contribution in [-0.4, -0.2) is 12.4 Å². The molecule has 0 saturated heterocycles. The standard InChI is InChI=1S/C10H11ClFN3/c1-6-5-15(14-10(6)13)7-2-3-8(11)9(12)4-7/h2-4,6H,5H2,1H3,(H2,13,14). The summed E-state index contributed by atoms with van der Waals surface area (Å²) in [7, 11) is 0. The Hall–Kier alpha value is -1.29. The quantitative estimate of drug-likeness (QED) is 0.799. The molecule has 0 radical (unpaired) electrons. The van der Waals surface area contributed by atoms with E-state index in [1.165, 1.54) is 12.1 Å². The molecule has 3 nitrogen and oxygen atoms in total. The van der Waals surface area contributed by atoms with Crippen molar-refractivity contribution < 1.29 is 4.39 Å². The molecule has 0 saturated carbocycles. The number of hydrogen-bond donors (Lipinski definition) is 1. The molecule has 2 rings (SSSR count). The molecule has 80 valence electrons.